The number of carbonyl (C=O) groups excluding carboxylic acids is 1. The number of nitrogens with zero attached hydrogens (tertiary/aromatic N) is 2. The number of rotatable bonds is 2. The fourth-order valence-electron chi connectivity index (χ4n) is 1.06. The number of hydrogen-bond donors (Lipinski definition) is 0. The molecule has 3 nitrogen and oxygen atoms in total. The highest BCUT2D eigenvalue weighted by atomic mass is 19.1. The summed E-state index contributed by atoms with van der Waals surface area (Å²) in [5.74, 6) is -0.674. The van der Waals surface area contributed by atoms with Gasteiger partial charge < -0.3 is 4.90 Å². The summed E-state index contributed by atoms with van der Waals surface area (Å²) in [6.45, 7) is 1.63. The van der Waals surface area contributed by atoms with Gasteiger partial charge in [-0.05, 0) is 31.2 Å². The normalized spacial score (nSPS) is 11.6. The lowest BCUT2D eigenvalue weighted by Crippen LogP contribution is -2.33. The quantitative estimate of drug-likeness (QED) is 0.740. The molecule has 1 unspecified atom stereocenters. The first-order chi connectivity index (χ1) is 7.06. The Morgan fingerprint density at radius 1 is 1.47 bits per heavy atom. The minimum atomic E-state index is -0.498. The van der Waals surface area contributed by atoms with Crippen LogP contribution in [0.15, 0.2) is 24.3 Å². The van der Waals surface area contributed by atoms with Gasteiger partial charge in [0.15, 0.2) is 0 Å². The molecule has 0 radical (unpaired) electrons. The Morgan fingerprint density at radius 3 is 2.47 bits per heavy atom. The molecule has 78 valence electrons. The second-order valence-electron chi connectivity index (χ2n) is 3.23. The largest absolute Gasteiger partial charge is 0.326 e. The second kappa shape index (κ2) is 4.56. The SMILES string of the molecule is CC(C#N)N(C)C(=O)c1ccc(F)cc1. The van der Waals surface area contributed by atoms with Gasteiger partial charge in [0.25, 0.3) is 5.91 Å². The average Bonchev–Trinajstić information content (AvgIpc) is 2.27. The molecule has 0 aliphatic rings. The molecule has 0 aromatic heterocycles. The lowest BCUT2D eigenvalue weighted by atomic mass is 10.2. The smallest absolute Gasteiger partial charge is 0.254 e. The molecule has 0 aliphatic carbocycles. The summed E-state index contributed by atoms with van der Waals surface area (Å²) in [5, 5.41) is 8.64. The highest BCUT2D eigenvalue weighted by Gasteiger charge is 2.16. The van der Waals surface area contributed by atoms with Crippen molar-refractivity contribution in [3.8, 4) is 6.07 Å². The summed E-state index contributed by atoms with van der Waals surface area (Å²) in [7, 11) is 1.54. The number of carbonyl (C=O) groups is 1. The van der Waals surface area contributed by atoms with Crippen molar-refractivity contribution in [1.29, 1.82) is 5.26 Å². The van der Waals surface area contributed by atoms with Gasteiger partial charge in [0.05, 0.1) is 6.07 Å². The molecule has 0 bridgehead atoms. The van der Waals surface area contributed by atoms with Crippen molar-refractivity contribution >= 4 is 5.91 Å². The Morgan fingerprint density at radius 2 is 2.00 bits per heavy atom. The maximum absolute atomic E-state index is 12.6. The zero-order valence-corrected chi connectivity index (χ0v) is 8.57. The van der Waals surface area contributed by atoms with E-state index in [9.17, 15) is 9.18 Å². The van der Waals surface area contributed by atoms with Crippen molar-refractivity contribution in [2.24, 2.45) is 0 Å². The van der Waals surface area contributed by atoms with Crippen LogP contribution in [0.2, 0.25) is 0 Å². The lowest BCUT2D eigenvalue weighted by molar-refractivity contribution is 0.0773. The first-order valence-electron chi connectivity index (χ1n) is 4.48. The lowest BCUT2D eigenvalue weighted by Gasteiger charge is -2.19. The van der Waals surface area contributed by atoms with Gasteiger partial charge in [0.1, 0.15) is 11.9 Å². The number of nitriles is 1. The summed E-state index contributed by atoms with van der Waals surface area (Å²) in [6.07, 6.45) is 0. The summed E-state index contributed by atoms with van der Waals surface area (Å²) in [6, 6.07) is 6.70. The van der Waals surface area contributed by atoms with E-state index in [4.69, 9.17) is 5.26 Å². The predicted octanol–water partition coefficient (Wildman–Crippen LogP) is 1.81. The van der Waals surface area contributed by atoms with E-state index in [1.165, 1.54) is 29.2 Å². The third-order valence-corrected chi connectivity index (χ3v) is 2.18. The highest BCUT2D eigenvalue weighted by Crippen LogP contribution is 2.07. The van der Waals surface area contributed by atoms with Crippen LogP contribution in [-0.4, -0.2) is 23.9 Å². The Kier molecular flexibility index (Phi) is 3.40. The van der Waals surface area contributed by atoms with Crippen molar-refractivity contribution < 1.29 is 9.18 Å². The molecule has 4 heteroatoms. The Hall–Kier alpha value is -1.89. The first kappa shape index (κ1) is 11.2. The Bertz CT molecular complexity index is 394. The van der Waals surface area contributed by atoms with Crippen LogP contribution >= 0.6 is 0 Å². The van der Waals surface area contributed by atoms with Crippen molar-refractivity contribution in [3.05, 3.63) is 35.6 Å². The zero-order valence-electron chi connectivity index (χ0n) is 8.57. The third kappa shape index (κ3) is 2.53. The van der Waals surface area contributed by atoms with E-state index in [0.717, 1.165) is 0 Å². The maximum Gasteiger partial charge on any atom is 0.254 e. The molecule has 15 heavy (non-hydrogen) atoms. The van der Waals surface area contributed by atoms with Gasteiger partial charge in [-0.1, -0.05) is 0 Å². The molecule has 0 spiro atoms. The number of hydrogen-bond acceptors (Lipinski definition) is 2. The van der Waals surface area contributed by atoms with Crippen LogP contribution in [0.1, 0.15) is 17.3 Å². The van der Waals surface area contributed by atoms with Crippen LogP contribution in [0.5, 0.6) is 0 Å². The van der Waals surface area contributed by atoms with E-state index in [0.29, 0.717) is 5.56 Å². The molecule has 1 amide bonds. The minimum absolute atomic E-state index is 0.288. The summed E-state index contributed by atoms with van der Waals surface area (Å²) in [5.41, 5.74) is 0.376. The van der Waals surface area contributed by atoms with Gasteiger partial charge in [-0.3, -0.25) is 4.79 Å². The van der Waals surface area contributed by atoms with Crippen LogP contribution in [0.3, 0.4) is 0 Å². The van der Waals surface area contributed by atoms with E-state index in [1.54, 1.807) is 14.0 Å². The first-order valence-corrected chi connectivity index (χ1v) is 4.48. The fraction of sp³-hybridized carbons (Fsp3) is 0.273. The van der Waals surface area contributed by atoms with Crippen LogP contribution < -0.4 is 0 Å². The monoisotopic (exact) mass is 206 g/mol. The molecule has 1 aromatic carbocycles. The highest BCUT2D eigenvalue weighted by molar-refractivity contribution is 5.94. The van der Waals surface area contributed by atoms with Crippen molar-refractivity contribution in [2.75, 3.05) is 7.05 Å². The summed E-state index contributed by atoms with van der Waals surface area (Å²) < 4.78 is 12.6. The minimum Gasteiger partial charge on any atom is -0.326 e. The number of halogens is 1. The predicted molar refractivity (Wildman–Crippen MR) is 53.6 cm³/mol. The molecule has 1 aromatic rings. The molecule has 1 rings (SSSR count). The molecule has 0 N–H and O–H groups in total. The van der Waals surface area contributed by atoms with Crippen molar-refractivity contribution in [2.45, 2.75) is 13.0 Å². The molecule has 0 fully saturated rings. The third-order valence-electron chi connectivity index (χ3n) is 2.18. The Balaban J connectivity index is 2.86. The molecular weight excluding hydrogens is 195 g/mol. The molecule has 0 saturated carbocycles. The van der Waals surface area contributed by atoms with Gasteiger partial charge >= 0.3 is 0 Å². The van der Waals surface area contributed by atoms with Crippen LogP contribution in [-0.2, 0) is 0 Å². The van der Waals surface area contributed by atoms with Crippen LogP contribution in [0, 0.1) is 17.1 Å². The topological polar surface area (TPSA) is 44.1 Å². The van der Waals surface area contributed by atoms with E-state index >= 15 is 0 Å². The fourth-order valence-corrected chi connectivity index (χ4v) is 1.06. The van der Waals surface area contributed by atoms with Crippen LogP contribution in [0.4, 0.5) is 4.39 Å². The molecule has 0 heterocycles. The van der Waals surface area contributed by atoms with Gasteiger partial charge in [0, 0.05) is 12.6 Å². The van der Waals surface area contributed by atoms with E-state index in [1.807, 2.05) is 6.07 Å². The van der Waals surface area contributed by atoms with E-state index < -0.39 is 6.04 Å². The summed E-state index contributed by atoms with van der Waals surface area (Å²) >= 11 is 0. The second-order valence-corrected chi connectivity index (χ2v) is 3.23. The van der Waals surface area contributed by atoms with Gasteiger partial charge in [0.2, 0.25) is 0 Å². The van der Waals surface area contributed by atoms with E-state index in [2.05, 4.69) is 0 Å². The van der Waals surface area contributed by atoms with Gasteiger partial charge in [-0.2, -0.15) is 5.26 Å². The van der Waals surface area contributed by atoms with E-state index in [-0.39, 0.29) is 11.7 Å². The zero-order chi connectivity index (χ0) is 11.4. The van der Waals surface area contributed by atoms with Gasteiger partial charge in [-0.25, -0.2) is 4.39 Å². The average molecular weight is 206 g/mol. The van der Waals surface area contributed by atoms with Gasteiger partial charge in [-0.15, -0.1) is 0 Å². The summed E-state index contributed by atoms with van der Waals surface area (Å²) in [4.78, 5) is 13.0. The molecule has 1 atom stereocenters. The van der Waals surface area contributed by atoms with Crippen molar-refractivity contribution in [3.63, 3.8) is 0 Å². The molecule has 0 aliphatic heterocycles. The van der Waals surface area contributed by atoms with Crippen molar-refractivity contribution in [1.82, 2.24) is 4.90 Å². The standard InChI is InChI=1S/C11H11FN2O/c1-8(7-13)14(2)11(15)9-3-5-10(12)6-4-9/h3-6,8H,1-2H3. The number of amides is 1. The Labute approximate surface area is 87.7 Å². The molecular formula is C11H11FN2O. The van der Waals surface area contributed by atoms with Crippen LogP contribution in [0.25, 0.3) is 0 Å². The number of benzene rings is 1. The molecule has 0 saturated heterocycles. The maximum atomic E-state index is 12.6.